The Morgan fingerprint density at radius 1 is 0.971 bits per heavy atom. The number of rotatable bonds is 5. The van der Waals surface area contributed by atoms with Gasteiger partial charge in [-0.1, -0.05) is 48.5 Å². The molecule has 3 aromatic rings. The molecule has 0 aromatic heterocycles. The first-order valence-corrected chi connectivity index (χ1v) is 11.4. The van der Waals surface area contributed by atoms with E-state index in [-0.39, 0.29) is 37.0 Å². The zero-order valence-corrected chi connectivity index (χ0v) is 19.2. The maximum absolute atomic E-state index is 12.6. The maximum atomic E-state index is 12.6. The Hall–Kier alpha value is -4.04. The third-order valence-electron chi connectivity index (χ3n) is 6.72. The molecule has 2 atom stereocenters. The number of phenols is 2. The molecule has 8 nitrogen and oxygen atoms in total. The van der Waals surface area contributed by atoms with Gasteiger partial charge < -0.3 is 25.0 Å². The van der Waals surface area contributed by atoms with Crippen molar-refractivity contribution in [2.75, 3.05) is 20.3 Å². The van der Waals surface area contributed by atoms with Gasteiger partial charge in [-0.05, 0) is 51.9 Å². The number of fused-ring (bicyclic) bond motifs is 4. The third-order valence-corrected chi connectivity index (χ3v) is 6.72. The fourth-order valence-corrected chi connectivity index (χ4v) is 5.05. The highest BCUT2D eigenvalue weighted by atomic mass is 16.5. The largest absolute Gasteiger partial charge is 0.504 e. The first kappa shape index (κ1) is 22.7. The summed E-state index contributed by atoms with van der Waals surface area (Å²) in [6.45, 7) is 0.301. The molecule has 0 spiro atoms. The molecule has 0 unspecified atom stereocenters. The van der Waals surface area contributed by atoms with Gasteiger partial charge in [-0.2, -0.15) is 0 Å². The van der Waals surface area contributed by atoms with Gasteiger partial charge in [0, 0.05) is 12.5 Å². The zero-order valence-electron chi connectivity index (χ0n) is 19.2. The Balaban J connectivity index is 1.27. The molecule has 8 heteroatoms. The first-order chi connectivity index (χ1) is 17.0. The van der Waals surface area contributed by atoms with Gasteiger partial charge in [-0.15, -0.1) is 0 Å². The lowest BCUT2D eigenvalue weighted by Crippen LogP contribution is -2.48. The summed E-state index contributed by atoms with van der Waals surface area (Å²) >= 11 is 0. The molecule has 0 fully saturated rings. The summed E-state index contributed by atoms with van der Waals surface area (Å²) in [4.78, 5) is 24.8. The van der Waals surface area contributed by atoms with Crippen LogP contribution >= 0.6 is 0 Å². The molecule has 1 aliphatic heterocycles. The normalized spacial score (nSPS) is 18.2. The lowest BCUT2D eigenvalue weighted by atomic mass is 9.89. The van der Waals surface area contributed by atoms with Crippen molar-refractivity contribution in [3.63, 3.8) is 0 Å². The van der Waals surface area contributed by atoms with Crippen molar-refractivity contribution in [2.45, 2.75) is 24.4 Å². The highest BCUT2D eigenvalue weighted by molar-refractivity contribution is 5.79. The standard InChI is InChI=1S/C27H26N2O6/c1-34-26(32)22-10-15-11-24(30)25(31)12-20(15)23(29-22)13-28-27(33)35-14-21-18-8-4-2-6-16(18)17-7-3-5-9-19(17)21/h2-9,11-12,21-23,29-31H,10,13-14H2,1H3,(H,28,33)/t22-,23+/m0/s1. The Bertz CT molecular complexity index is 1240. The number of amides is 1. The van der Waals surface area contributed by atoms with Gasteiger partial charge in [0.25, 0.3) is 0 Å². The Labute approximate surface area is 202 Å². The van der Waals surface area contributed by atoms with E-state index in [1.807, 2.05) is 24.3 Å². The zero-order chi connectivity index (χ0) is 24.5. The number of nitrogens with one attached hydrogen (secondary N) is 2. The van der Waals surface area contributed by atoms with Gasteiger partial charge in [0.05, 0.1) is 13.2 Å². The van der Waals surface area contributed by atoms with Gasteiger partial charge in [0.15, 0.2) is 11.5 Å². The summed E-state index contributed by atoms with van der Waals surface area (Å²) in [5, 5.41) is 25.8. The fourth-order valence-electron chi connectivity index (χ4n) is 5.05. The molecule has 35 heavy (non-hydrogen) atoms. The van der Waals surface area contributed by atoms with Crippen molar-refractivity contribution < 1.29 is 29.3 Å². The quantitative estimate of drug-likeness (QED) is 0.331. The summed E-state index contributed by atoms with van der Waals surface area (Å²) in [7, 11) is 1.30. The van der Waals surface area contributed by atoms with Crippen LogP contribution in [0.4, 0.5) is 4.79 Å². The SMILES string of the molecule is COC(=O)[C@@H]1Cc2cc(O)c(O)cc2[C@@H](CNC(=O)OCC2c3ccccc3-c3ccccc32)N1. The Morgan fingerprint density at radius 2 is 1.60 bits per heavy atom. The van der Waals surface area contributed by atoms with E-state index in [0.29, 0.717) is 11.1 Å². The molecule has 5 rings (SSSR count). The van der Waals surface area contributed by atoms with E-state index in [1.165, 1.54) is 19.2 Å². The number of ether oxygens (including phenoxy) is 2. The van der Waals surface area contributed by atoms with Crippen LogP contribution in [0.1, 0.15) is 34.2 Å². The highest BCUT2D eigenvalue weighted by Gasteiger charge is 2.33. The van der Waals surface area contributed by atoms with Gasteiger partial charge in [-0.25, -0.2) is 4.79 Å². The van der Waals surface area contributed by atoms with Gasteiger partial charge in [0.1, 0.15) is 12.6 Å². The molecule has 2 aliphatic rings. The van der Waals surface area contributed by atoms with Crippen LogP contribution in [0.3, 0.4) is 0 Å². The smallest absolute Gasteiger partial charge is 0.407 e. The topological polar surface area (TPSA) is 117 Å². The number of methoxy groups -OCH3 is 1. The summed E-state index contributed by atoms with van der Waals surface area (Å²) in [6.07, 6.45) is -0.296. The van der Waals surface area contributed by atoms with Gasteiger partial charge in [-0.3, -0.25) is 10.1 Å². The third kappa shape index (κ3) is 4.28. The second-order valence-corrected chi connectivity index (χ2v) is 8.75. The van der Waals surface area contributed by atoms with Crippen molar-refractivity contribution in [3.8, 4) is 22.6 Å². The summed E-state index contributed by atoms with van der Waals surface area (Å²) in [5.74, 6) is -1.04. The molecule has 180 valence electrons. The number of esters is 1. The number of carbonyl (C=O) groups is 2. The van der Waals surface area contributed by atoms with Gasteiger partial charge >= 0.3 is 12.1 Å². The Kier molecular flexibility index (Phi) is 6.05. The van der Waals surface area contributed by atoms with Crippen LogP contribution in [-0.4, -0.2) is 48.6 Å². The number of alkyl carbamates (subject to hydrolysis) is 1. The molecule has 1 heterocycles. The number of hydrogen-bond acceptors (Lipinski definition) is 7. The number of aromatic hydroxyl groups is 2. The average molecular weight is 475 g/mol. The number of hydrogen-bond donors (Lipinski definition) is 4. The predicted molar refractivity (Wildman–Crippen MR) is 128 cm³/mol. The summed E-state index contributed by atoms with van der Waals surface area (Å²) in [6, 6.07) is 18.0. The lowest BCUT2D eigenvalue weighted by Gasteiger charge is -2.32. The van der Waals surface area contributed by atoms with Crippen molar-refractivity contribution in [2.24, 2.45) is 0 Å². The van der Waals surface area contributed by atoms with E-state index in [0.717, 1.165) is 22.3 Å². The maximum Gasteiger partial charge on any atom is 0.407 e. The molecule has 0 saturated carbocycles. The van der Waals surface area contributed by atoms with Crippen molar-refractivity contribution in [1.29, 1.82) is 0 Å². The van der Waals surface area contributed by atoms with E-state index >= 15 is 0 Å². The van der Waals surface area contributed by atoms with Crippen LogP contribution < -0.4 is 10.6 Å². The van der Waals surface area contributed by atoms with Gasteiger partial charge in [0.2, 0.25) is 0 Å². The second kappa shape index (κ2) is 9.31. The van der Waals surface area contributed by atoms with Crippen LogP contribution in [0.2, 0.25) is 0 Å². The number of phenolic OH excluding ortho intramolecular Hbond substituents is 2. The van der Waals surface area contributed by atoms with E-state index in [2.05, 4.69) is 34.9 Å². The van der Waals surface area contributed by atoms with Crippen LogP contribution in [-0.2, 0) is 20.7 Å². The molecule has 1 aliphatic carbocycles. The van der Waals surface area contributed by atoms with Crippen molar-refractivity contribution in [3.05, 3.63) is 82.9 Å². The first-order valence-electron chi connectivity index (χ1n) is 11.4. The molecule has 0 radical (unpaired) electrons. The van der Waals surface area contributed by atoms with E-state index in [1.54, 1.807) is 0 Å². The highest BCUT2D eigenvalue weighted by Crippen LogP contribution is 2.44. The monoisotopic (exact) mass is 474 g/mol. The number of benzene rings is 3. The lowest BCUT2D eigenvalue weighted by molar-refractivity contribution is -0.143. The molecule has 0 bridgehead atoms. The molecule has 3 aromatic carbocycles. The molecule has 4 N–H and O–H groups in total. The fraction of sp³-hybridized carbons (Fsp3) is 0.259. The predicted octanol–water partition coefficient (Wildman–Crippen LogP) is 3.36. The van der Waals surface area contributed by atoms with E-state index < -0.39 is 24.1 Å². The second-order valence-electron chi connectivity index (χ2n) is 8.75. The van der Waals surface area contributed by atoms with Crippen LogP contribution in [0.15, 0.2) is 60.7 Å². The van der Waals surface area contributed by atoms with E-state index in [4.69, 9.17) is 9.47 Å². The molecule has 1 amide bonds. The minimum atomic E-state index is -0.647. The summed E-state index contributed by atoms with van der Waals surface area (Å²) < 4.78 is 10.5. The molecule has 0 saturated heterocycles. The molecular weight excluding hydrogens is 448 g/mol. The molecular formula is C27H26N2O6. The van der Waals surface area contributed by atoms with Crippen LogP contribution in [0.5, 0.6) is 11.5 Å². The Morgan fingerprint density at radius 3 is 2.26 bits per heavy atom. The van der Waals surface area contributed by atoms with Crippen LogP contribution in [0.25, 0.3) is 11.1 Å². The minimum Gasteiger partial charge on any atom is -0.504 e. The van der Waals surface area contributed by atoms with Crippen molar-refractivity contribution in [1.82, 2.24) is 10.6 Å². The van der Waals surface area contributed by atoms with Crippen molar-refractivity contribution >= 4 is 12.1 Å². The average Bonchev–Trinajstić information content (AvgIpc) is 3.20. The van der Waals surface area contributed by atoms with E-state index in [9.17, 15) is 19.8 Å². The van der Waals surface area contributed by atoms with Crippen LogP contribution in [0, 0.1) is 0 Å². The minimum absolute atomic E-state index is 0.0506. The summed E-state index contributed by atoms with van der Waals surface area (Å²) in [5.41, 5.74) is 5.92. The number of carbonyl (C=O) groups excluding carboxylic acids is 2.